The van der Waals surface area contributed by atoms with Crippen LogP contribution >= 0.6 is 11.3 Å². The van der Waals surface area contributed by atoms with Crippen molar-refractivity contribution in [3.63, 3.8) is 0 Å². The molecule has 1 atom stereocenters. The molecule has 0 bridgehead atoms. The summed E-state index contributed by atoms with van der Waals surface area (Å²) in [5, 5.41) is 13.3. The number of rotatable bonds is 10. The van der Waals surface area contributed by atoms with Crippen molar-refractivity contribution in [1.29, 1.82) is 0 Å². The predicted octanol–water partition coefficient (Wildman–Crippen LogP) is 2.54. The van der Waals surface area contributed by atoms with Crippen molar-refractivity contribution < 1.29 is 9.84 Å². The van der Waals surface area contributed by atoms with Gasteiger partial charge in [0.25, 0.3) is 0 Å². The molecule has 2 rings (SSSR count). The fourth-order valence-electron chi connectivity index (χ4n) is 2.85. The molecule has 2 N–H and O–H groups in total. The molecular weight excluding hydrogens is 284 g/mol. The van der Waals surface area contributed by atoms with Crippen molar-refractivity contribution in [2.75, 3.05) is 26.3 Å². The molecule has 0 spiro atoms. The van der Waals surface area contributed by atoms with Crippen LogP contribution in [0.1, 0.15) is 43.2 Å². The summed E-state index contributed by atoms with van der Waals surface area (Å²) >= 11 is 1.67. The fourth-order valence-corrected chi connectivity index (χ4v) is 3.61. The molecule has 0 aromatic carbocycles. The topological polar surface area (TPSA) is 54.4 Å². The lowest BCUT2D eigenvalue weighted by atomic mass is 9.67. The van der Waals surface area contributed by atoms with Crippen LogP contribution in [0.15, 0.2) is 5.51 Å². The summed E-state index contributed by atoms with van der Waals surface area (Å²) in [5.74, 6) is 0. The Hall–Kier alpha value is -0.490. The monoisotopic (exact) mass is 312 g/mol. The second kappa shape index (κ2) is 8.22. The van der Waals surface area contributed by atoms with Gasteiger partial charge in [-0.15, -0.1) is 11.3 Å². The molecule has 4 nitrogen and oxygen atoms in total. The third kappa shape index (κ3) is 5.02. The highest BCUT2D eigenvalue weighted by molar-refractivity contribution is 7.09. The van der Waals surface area contributed by atoms with Crippen LogP contribution in [0.5, 0.6) is 0 Å². The van der Waals surface area contributed by atoms with Crippen molar-refractivity contribution in [1.82, 2.24) is 10.3 Å². The molecule has 1 heterocycles. The Kier molecular flexibility index (Phi) is 6.61. The van der Waals surface area contributed by atoms with Gasteiger partial charge in [0.2, 0.25) is 0 Å². The predicted molar refractivity (Wildman–Crippen MR) is 86.8 cm³/mol. The SMILES string of the molecule is CCC1(CNCC(O)COCCc2scnc2C)CCC1. The minimum absolute atomic E-state index is 0.407. The molecule has 1 aromatic heterocycles. The molecule has 1 fully saturated rings. The van der Waals surface area contributed by atoms with Gasteiger partial charge in [-0.25, -0.2) is 4.98 Å². The van der Waals surface area contributed by atoms with Crippen LogP contribution in [-0.4, -0.2) is 42.5 Å². The standard InChI is InChI=1S/C16H28N2O2S/c1-3-16(6-4-7-16)11-17-9-14(19)10-20-8-5-15-13(2)18-12-21-15/h12,14,17,19H,3-11H2,1-2H3. The Morgan fingerprint density at radius 3 is 2.90 bits per heavy atom. The molecule has 0 amide bonds. The number of thiazole rings is 1. The maximum atomic E-state index is 9.92. The Balaban J connectivity index is 1.51. The number of nitrogens with one attached hydrogen (secondary N) is 1. The van der Waals surface area contributed by atoms with E-state index in [4.69, 9.17) is 4.74 Å². The molecule has 120 valence electrons. The van der Waals surface area contributed by atoms with Crippen molar-refractivity contribution in [2.24, 2.45) is 5.41 Å². The van der Waals surface area contributed by atoms with Crippen molar-refractivity contribution >= 4 is 11.3 Å². The average Bonchev–Trinajstić information content (AvgIpc) is 2.83. The summed E-state index contributed by atoms with van der Waals surface area (Å²) in [7, 11) is 0. The zero-order valence-electron chi connectivity index (χ0n) is 13.2. The van der Waals surface area contributed by atoms with Crippen LogP contribution in [0.3, 0.4) is 0 Å². The number of aromatic nitrogens is 1. The van der Waals surface area contributed by atoms with E-state index >= 15 is 0 Å². The van der Waals surface area contributed by atoms with Gasteiger partial charge in [-0.2, -0.15) is 0 Å². The normalized spacial score (nSPS) is 18.4. The first-order valence-electron chi connectivity index (χ1n) is 8.01. The van der Waals surface area contributed by atoms with Crippen LogP contribution in [0, 0.1) is 12.3 Å². The molecule has 0 radical (unpaired) electrons. The Morgan fingerprint density at radius 2 is 2.33 bits per heavy atom. The highest BCUT2D eigenvalue weighted by atomic mass is 32.1. The zero-order chi connectivity index (χ0) is 15.1. The number of aryl methyl sites for hydroxylation is 1. The van der Waals surface area contributed by atoms with Crippen LogP contribution < -0.4 is 5.32 Å². The van der Waals surface area contributed by atoms with Gasteiger partial charge in [0.05, 0.1) is 30.5 Å². The second-order valence-corrected chi connectivity index (χ2v) is 7.12. The lowest BCUT2D eigenvalue weighted by Gasteiger charge is -2.41. The van der Waals surface area contributed by atoms with E-state index in [1.165, 1.54) is 30.6 Å². The van der Waals surface area contributed by atoms with E-state index < -0.39 is 6.10 Å². The Bertz CT molecular complexity index is 413. The molecule has 1 saturated carbocycles. The van der Waals surface area contributed by atoms with Gasteiger partial charge in [0, 0.05) is 24.4 Å². The van der Waals surface area contributed by atoms with Gasteiger partial charge in [0.1, 0.15) is 0 Å². The highest BCUT2D eigenvalue weighted by Crippen LogP contribution is 2.42. The van der Waals surface area contributed by atoms with Crippen molar-refractivity contribution in [2.45, 2.75) is 52.1 Å². The lowest BCUT2D eigenvalue weighted by Crippen LogP contribution is -2.42. The fraction of sp³-hybridized carbons (Fsp3) is 0.812. The van der Waals surface area contributed by atoms with Crippen LogP contribution in [-0.2, 0) is 11.2 Å². The molecule has 0 aliphatic heterocycles. The second-order valence-electron chi connectivity index (χ2n) is 6.18. The van der Waals surface area contributed by atoms with E-state index in [9.17, 15) is 5.11 Å². The van der Waals surface area contributed by atoms with Gasteiger partial charge in [-0.05, 0) is 31.6 Å². The van der Waals surface area contributed by atoms with Crippen molar-refractivity contribution in [3.05, 3.63) is 16.1 Å². The number of hydrogen-bond acceptors (Lipinski definition) is 5. The van der Waals surface area contributed by atoms with E-state index in [1.807, 2.05) is 12.4 Å². The van der Waals surface area contributed by atoms with Crippen LogP contribution in [0.4, 0.5) is 0 Å². The number of hydrogen-bond donors (Lipinski definition) is 2. The molecule has 1 aliphatic carbocycles. The highest BCUT2D eigenvalue weighted by Gasteiger charge is 2.34. The maximum absolute atomic E-state index is 9.92. The summed E-state index contributed by atoms with van der Waals surface area (Å²) in [6.07, 6.45) is 5.73. The molecule has 1 aromatic rings. The summed E-state index contributed by atoms with van der Waals surface area (Å²) in [5.41, 5.74) is 3.47. The van der Waals surface area contributed by atoms with E-state index in [0.29, 0.717) is 25.2 Å². The molecular formula is C16H28N2O2S. The lowest BCUT2D eigenvalue weighted by molar-refractivity contribution is 0.0340. The minimum Gasteiger partial charge on any atom is -0.389 e. The zero-order valence-corrected chi connectivity index (χ0v) is 14.0. The van der Waals surface area contributed by atoms with E-state index in [-0.39, 0.29) is 0 Å². The number of aliphatic hydroxyl groups excluding tert-OH is 1. The molecule has 1 unspecified atom stereocenters. The smallest absolute Gasteiger partial charge is 0.0897 e. The van der Waals surface area contributed by atoms with E-state index in [2.05, 4.69) is 17.2 Å². The Morgan fingerprint density at radius 1 is 1.52 bits per heavy atom. The van der Waals surface area contributed by atoms with Gasteiger partial charge in [-0.3, -0.25) is 0 Å². The minimum atomic E-state index is -0.415. The summed E-state index contributed by atoms with van der Waals surface area (Å²) < 4.78 is 5.56. The van der Waals surface area contributed by atoms with E-state index in [1.54, 1.807) is 11.3 Å². The third-order valence-electron chi connectivity index (χ3n) is 4.67. The van der Waals surface area contributed by atoms with Crippen LogP contribution in [0.2, 0.25) is 0 Å². The number of nitrogens with zero attached hydrogens (tertiary/aromatic N) is 1. The summed E-state index contributed by atoms with van der Waals surface area (Å²) in [6, 6.07) is 0. The maximum Gasteiger partial charge on any atom is 0.0897 e. The summed E-state index contributed by atoms with van der Waals surface area (Å²) in [6.45, 7) is 7.00. The first-order chi connectivity index (χ1) is 10.2. The van der Waals surface area contributed by atoms with Crippen LogP contribution in [0.25, 0.3) is 0 Å². The average molecular weight is 312 g/mol. The summed E-state index contributed by atoms with van der Waals surface area (Å²) in [4.78, 5) is 5.49. The molecule has 21 heavy (non-hydrogen) atoms. The van der Waals surface area contributed by atoms with Gasteiger partial charge >= 0.3 is 0 Å². The van der Waals surface area contributed by atoms with Gasteiger partial charge in [-0.1, -0.05) is 13.3 Å². The van der Waals surface area contributed by atoms with Gasteiger partial charge < -0.3 is 15.2 Å². The first kappa shape index (κ1) is 16.9. The number of ether oxygens (including phenoxy) is 1. The quantitative estimate of drug-likeness (QED) is 0.652. The third-order valence-corrected chi connectivity index (χ3v) is 5.67. The van der Waals surface area contributed by atoms with Gasteiger partial charge in [0.15, 0.2) is 0 Å². The molecule has 5 heteroatoms. The van der Waals surface area contributed by atoms with Crippen molar-refractivity contribution in [3.8, 4) is 0 Å². The first-order valence-corrected chi connectivity index (χ1v) is 8.89. The largest absolute Gasteiger partial charge is 0.389 e. The Labute approximate surface area is 131 Å². The molecule has 1 aliphatic rings. The van der Waals surface area contributed by atoms with E-state index in [0.717, 1.165) is 18.7 Å². The number of aliphatic hydroxyl groups is 1. The molecule has 0 saturated heterocycles.